The van der Waals surface area contributed by atoms with Crippen LogP contribution in [0.2, 0.25) is 0 Å². The zero-order valence-electron chi connectivity index (χ0n) is 4.31. The summed E-state index contributed by atoms with van der Waals surface area (Å²) in [6.45, 7) is 0. The first-order valence-corrected chi connectivity index (χ1v) is 10.5. The summed E-state index contributed by atoms with van der Waals surface area (Å²) in [4.78, 5) is 0. The number of anilines is 1. The summed E-state index contributed by atoms with van der Waals surface area (Å²) in [5.74, 6) is 0.849. The molecule has 0 spiro atoms. The molecule has 0 aliphatic rings. The molecule has 9 heavy (non-hydrogen) atoms. The van der Waals surface area contributed by atoms with E-state index in [-0.39, 0.29) is 17.2 Å². The van der Waals surface area contributed by atoms with E-state index in [1.807, 2.05) is 8.85 Å². The van der Waals surface area contributed by atoms with Crippen molar-refractivity contribution in [3.63, 3.8) is 0 Å². The molecular formula is C4H4I3N2-. The van der Waals surface area contributed by atoms with Crippen LogP contribution in [0.5, 0.6) is 0 Å². The van der Waals surface area contributed by atoms with E-state index in [0.29, 0.717) is 0 Å². The molecule has 0 aliphatic heterocycles. The normalized spacial score (nSPS) is 10.4. The van der Waals surface area contributed by atoms with E-state index in [4.69, 9.17) is 5.73 Å². The Bertz CT molecular complexity index is 208. The summed E-state index contributed by atoms with van der Waals surface area (Å²) in [6, 6.07) is 4.03. The van der Waals surface area contributed by atoms with Crippen LogP contribution < -0.4 is 23.0 Å². The fraction of sp³-hybridized carbons (Fsp3) is 0. The molecule has 0 atom stereocenters. The van der Waals surface area contributed by atoms with Gasteiger partial charge in [-0.05, 0) is 0 Å². The number of nitrogens with zero attached hydrogens (tertiary/aromatic N) is 1. The monoisotopic (exact) mass is 461 g/mol. The summed E-state index contributed by atoms with van der Waals surface area (Å²) in [7, 11) is 0. The second-order valence-electron chi connectivity index (χ2n) is 1.43. The Morgan fingerprint density at radius 2 is 2.22 bits per heavy atom. The maximum atomic E-state index is 5.59. The third-order valence-corrected chi connectivity index (χ3v) is 6.94. The van der Waals surface area contributed by atoms with Gasteiger partial charge in [-0.3, -0.25) is 0 Å². The molecule has 1 aromatic rings. The quantitative estimate of drug-likeness (QED) is 0.529. The Kier molecular flexibility index (Phi) is 3.35. The molecule has 5 heteroatoms. The van der Waals surface area contributed by atoms with Gasteiger partial charge in [0.15, 0.2) is 0 Å². The molecule has 0 fully saturated rings. The first-order chi connectivity index (χ1) is 4.25. The predicted molar refractivity (Wildman–Crippen MR) is 51.0 cm³/mol. The number of aromatic nitrogens is 1. The van der Waals surface area contributed by atoms with Crippen LogP contribution in [0.4, 0.5) is 5.82 Å². The van der Waals surface area contributed by atoms with E-state index < -0.39 is 0 Å². The molecule has 1 rings (SSSR count). The van der Waals surface area contributed by atoms with Crippen molar-refractivity contribution >= 4 is 47.3 Å². The summed E-state index contributed by atoms with van der Waals surface area (Å²) < 4.78 is 3.38. The van der Waals surface area contributed by atoms with E-state index in [0.717, 1.165) is 5.82 Å². The Labute approximate surface area is 87.5 Å². The van der Waals surface area contributed by atoms with Crippen LogP contribution in [0.25, 0.3) is 0 Å². The molecule has 0 unspecified atom stereocenters. The zero-order chi connectivity index (χ0) is 6.85. The average Bonchev–Trinajstić information content (AvgIpc) is 2.15. The topological polar surface area (TPSA) is 30.9 Å². The fourth-order valence-corrected chi connectivity index (χ4v) is 6.62. The van der Waals surface area contributed by atoms with Crippen molar-refractivity contribution in [1.82, 2.24) is 2.78 Å². The van der Waals surface area contributed by atoms with E-state index in [1.54, 1.807) is 0 Å². The van der Waals surface area contributed by atoms with Crippen molar-refractivity contribution in [1.29, 1.82) is 0 Å². The van der Waals surface area contributed by atoms with E-state index >= 15 is 0 Å². The fourth-order valence-electron chi connectivity index (χ4n) is 0.460. The summed E-state index contributed by atoms with van der Waals surface area (Å²) in [5, 5.41) is 0. The summed E-state index contributed by atoms with van der Waals surface area (Å²) in [5.41, 5.74) is 5.59. The molecule has 0 aliphatic carbocycles. The Balaban J connectivity index is 3.04. The summed E-state index contributed by atoms with van der Waals surface area (Å²) >= 11 is 4.79. The second kappa shape index (κ2) is 3.60. The first-order valence-electron chi connectivity index (χ1n) is 2.15. The molecule has 2 nitrogen and oxygen atoms in total. The molecule has 1 aromatic heterocycles. The van der Waals surface area contributed by atoms with Gasteiger partial charge >= 0.3 is 88.9 Å². The Morgan fingerprint density at radius 1 is 1.56 bits per heavy atom. The number of nitrogen functional groups attached to an aromatic ring is 1. The van der Waals surface area contributed by atoms with Crippen LogP contribution in [0, 0.1) is 3.70 Å². The van der Waals surface area contributed by atoms with Gasteiger partial charge in [0.25, 0.3) is 0 Å². The van der Waals surface area contributed by atoms with Gasteiger partial charge in [-0.25, -0.2) is 0 Å². The average molecular weight is 461 g/mol. The van der Waals surface area contributed by atoms with Crippen LogP contribution >= 0.6 is 41.5 Å². The van der Waals surface area contributed by atoms with Gasteiger partial charge in [-0.1, -0.05) is 0 Å². The van der Waals surface area contributed by atoms with Crippen molar-refractivity contribution in [2.24, 2.45) is 0 Å². The standard InChI is InChI=1S/C4H4I3N2/c5-7-3-1-2-4(8)9(3)6/h1-2H,8H2/q-1. The Morgan fingerprint density at radius 3 is 2.44 bits per heavy atom. The number of hydrogen-bond acceptors (Lipinski definition) is 1. The molecule has 0 saturated heterocycles. The minimum atomic E-state index is 0.154. The van der Waals surface area contributed by atoms with E-state index in [1.165, 1.54) is 3.70 Å². The van der Waals surface area contributed by atoms with Crippen molar-refractivity contribution < 1.29 is 17.2 Å². The van der Waals surface area contributed by atoms with Crippen molar-refractivity contribution in [3.8, 4) is 0 Å². The number of halogens is 3. The zero-order valence-corrected chi connectivity index (χ0v) is 10.8. The molecular weight excluding hydrogens is 457 g/mol. The minimum absolute atomic E-state index is 0.154. The molecule has 52 valence electrons. The van der Waals surface area contributed by atoms with Crippen LogP contribution in [0.15, 0.2) is 12.1 Å². The second-order valence-corrected chi connectivity index (χ2v) is 6.65. The molecule has 2 N–H and O–H groups in total. The van der Waals surface area contributed by atoms with Gasteiger partial charge < -0.3 is 0 Å². The molecule has 0 bridgehead atoms. The predicted octanol–water partition coefficient (Wildman–Crippen LogP) is -1.12. The third-order valence-electron chi connectivity index (χ3n) is 0.879. The van der Waals surface area contributed by atoms with Gasteiger partial charge in [0.1, 0.15) is 0 Å². The maximum absolute atomic E-state index is 5.59. The van der Waals surface area contributed by atoms with Gasteiger partial charge in [0.2, 0.25) is 0 Å². The van der Waals surface area contributed by atoms with Gasteiger partial charge in [-0.2, -0.15) is 0 Å². The van der Waals surface area contributed by atoms with Gasteiger partial charge in [0.05, 0.1) is 0 Å². The molecule has 0 radical (unpaired) electrons. The Hall–Kier alpha value is 1.27. The number of hydrogen-bond donors (Lipinski definition) is 1. The molecule has 0 aromatic carbocycles. The molecule has 0 saturated carbocycles. The first kappa shape index (κ1) is 8.37. The van der Waals surface area contributed by atoms with E-state index in [2.05, 4.69) is 47.5 Å². The van der Waals surface area contributed by atoms with Crippen molar-refractivity contribution in [2.45, 2.75) is 0 Å². The summed E-state index contributed by atoms with van der Waals surface area (Å²) in [6.07, 6.45) is 0. The van der Waals surface area contributed by atoms with Gasteiger partial charge in [-0.15, -0.1) is 0 Å². The van der Waals surface area contributed by atoms with Crippen LogP contribution in [-0.2, 0) is 0 Å². The van der Waals surface area contributed by atoms with Gasteiger partial charge in [0, 0.05) is 0 Å². The third kappa shape index (κ3) is 1.85. The van der Waals surface area contributed by atoms with Crippen LogP contribution in [-0.4, -0.2) is 2.78 Å². The van der Waals surface area contributed by atoms with E-state index in [9.17, 15) is 0 Å². The number of nitrogens with two attached hydrogens (primary N) is 1. The van der Waals surface area contributed by atoms with Crippen LogP contribution in [0.1, 0.15) is 0 Å². The SMILES string of the molecule is Nc1ccc([I-]I)n1I. The number of rotatable bonds is 1. The van der Waals surface area contributed by atoms with Crippen molar-refractivity contribution in [2.75, 3.05) is 5.73 Å². The van der Waals surface area contributed by atoms with Crippen molar-refractivity contribution in [3.05, 3.63) is 15.8 Å². The molecule has 1 heterocycles. The molecule has 0 amide bonds. The van der Waals surface area contributed by atoms with Crippen LogP contribution in [0.3, 0.4) is 0 Å².